The summed E-state index contributed by atoms with van der Waals surface area (Å²) in [5, 5.41) is 10.1. The number of methoxy groups -OCH3 is 1. The minimum Gasteiger partial charge on any atom is -0.491 e. The van der Waals surface area contributed by atoms with Crippen molar-refractivity contribution < 1.29 is 18.7 Å². The number of carbonyl (C=O) groups excluding carboxylic acids is 1. The molecule has 0 spiro atoms. The number of ether oxygens (including phenoxy) is 2. The van der Waals surface area contributed by atoms with E-state index in [1.54, 1.807) is 30.3 Å². The molecule has 0 fully saturated rings. The van der Waals surface area contributed by atoms with E-state index in [4.69, 9.17) is 20.6 Å². The molecule has 0 aliphatic heterocycles. The number of carbonyl (C=O) groups is 1. The van der Waals surface area contributed by atoms with Crippen LogP contribution in [-0.4, -0.2) is 25.0 Å². The van der Waals surface area contributed by atoms with E-state index in [0.29, 0.717) is 11.3 Å². The Kier molecular flexibility index (Phi) is 6.90. The lowest BCUT2D eigenvalue weighted by molar-refractivity contribution is -0.131. The summed E-state index contributed by atoms with van der Waals surface area (Å²) in [6.07, 6.45) is -1.15. The fourth-order valence-electron chi connectivity index (χ4n) is 2.53. The Morgan fingerprint density at radius 1 is 1.22 bits per heavy atom. The summed E-state index contributed by atoms with van der Waals surface area (Å²) in [5.41, 5.74) is 6.97. The number of nitrogen functional groups attached to an aromatic ring is 1. The number of nitrogens with two attached hydrogens (primary N) is 1. The first-order chi connectivity index (χ1) is 12.8. The summed E-state index contributed by atoms with van der Waals surface area (Å²) in [6.45, 7) is 3.94. The van der Waals surface area contributed by atoms with E-state index in [9.17, 15) is 9.18 Å². The monoisotopic (exact) mass is 373 g/mol. The maximum Gasteiger partial charge on any atom is 0.254 e. The third-order valence-electron chi connectivity index (χ3n) is 3.83. The Bertz CT molecular complexity index is 807. The van der Waals surface area contributed by atoms with Gasteiger partial charge >= 0.3 is 0 Å². The Morgan fingerprint density at radius 3 is 2.41 bits per heavy atom. The predicted octanol–water partition coefficient (Wildman–Crippen LogP) is 2.90. The van der Waals surface area contributed by atoms with Crippen molar-refractivity contribution in [1.29, 1.82) is 5.41 Å². The van der Waals surface area contributed by atoms with Gasteiger partial charge in [-0.3, -0.25) is 10.2 Å². The van der Waals surface area contributed by atoms with Crippen molar-refractivity contribution in [2.24, 2.45) is 5.73 Å². The summed E-state index contributed by atoms with van der Waals surface area (Å²) in [4.78, 5) is 12.4. The number of rotatable bonds is 8. The van der Waals surface area contributed by atoms with E-state index < -0.39 is 17.8 Å². The minimum absolute atomic E-state index is 0.0228. The van der Waals surface area contributed by atoms with Crippen LogP contribution >= 0.6 is 0 Å². The van der Waals surface area contributed by atoms with Crippen LogP contribution in [-0.2, 0) is 16.1 Å². The molecule has 1 amide bonds. The fraction of sp³-hybridized carbons (Fsp3) is 0.300. The van der Waals surface area contributed by atoms with Gasteiger partial charge in [0.25, 0.3) is 5.91 Å². The molecule has 27 heavy (non-hydrogen) atoms. The van der Waals surface area contributed by atoms with Crippen LogP contribution in [0.25, 0.3) is 0 Å². The number of benzene rings is 2. The standard InChI is InChI=1S/C20H24FN3O3/c1-12(2)27-15-8-9-16(17(21)10-15)18(26-3)20(25)24-11-13-4-6-14(7-5-13)19(22)23/h4-10,12,18H,11H2,1-3H3,(H3,22,23)(H,24,25)/t18-/m0/s1. The molecular weight excluding hydrogens is 349 g/mol. The van der Waals surface area contributed by atoms with E-state index >= 15 is 0 Å². The largest absolute Gasteiger partial charge is 0.491 e. The molecule has 2 aromatic carbocycles. The number of amides is 1. The second-order valence-electron chi connectivity index (χ2n) is 6.29. The van der Waals surface area contributed by atoms with Gasteiger partial charge in [-0.15, -0.1) is 0 Å². The van der Waals surface area contributed by atoms with Crippen LogP contribution in [0.5, 0.6) is 5.75 Å². The minimum atomic E-state index is -1.07. The van der Waals surface area contributed by atoms with Crippen LogP contribution in [0.4, 0.5) is 4.39 Å². The van der Waals surface area contributed by atoms with Gasteiger partial charge in [-0.25, -0.2) is 4.39 Å². The molecule has 2 aromatic rings. The number of hydrogen-bond donors (Lipinski definition) is 3. The lowest BCUT2D eigenvalue weighted by atomic mass is 10.1. The molecular formula is C20H24FN3O3. The molecule has 0 saturated heterocycles. The predicted molar refractivity (Wildman–Crippen MR) is 101 cm³/mol. The first kappa shape index (κ1) is 20.4. The quantitative estimate of drug-likeness (QED) is 0.489. The van der Waals surface area contributed by atoms with E-state index in [2.05, 4.69) is 5.32 Å². The molecule has 0 saturated carbocycles. The smallest absolute Gasteiger partial charge is 0.254 e. The van der Waals surface area contributed by atoms with E-state index in [0.717, 1.165) is 5.56 Å². The van der Waals surface area contributed by atoms with Crippen molar-refractivity contribution in [2.45, 2.75) is 32.6 Å². The molecule has 1 atom stereocenters. The number of amidine groups is 1. The molecule has 2 rings (SSSR count). The van der Waals surface area contributed by atoms with Gasteiger partial charge in [-0.1, -0.05) is 24.3 Å². The summed E-state index contributed by atoms with van der Waals surface area (Å²) < 4.78 is 25.1. The molecule has 7 heteroatoms. The molecule has 0 aromatic heterocycles. The topological polar surface area (TPSA) is 97.4 Å². The summed E-state index contributed by atoms with van der Waals surface area (Å²) in [6, 6.07) is 11.3. The summed E-state index contributed by atoms with van der Waals surface area (Å²) in [7, 11) is 1.35. The summed E-state index contributed by atoms with van der Waals surface area (Å²) in [5.74, 6) is -0.650. The van der Waals surface area contributed by atoms with Gasteiger partial charge in [0.2, 0.25) is 0 Å². The van der Waals surface area contributed by atoms with Gasteiger partial charge in [0, 0.05) is 30.8 Å². The Hall–Kier alpha value is -2.93. The van der Waals surface area contributed by atoms with Gasteiger partial charge in [-0.05, 0) is 31.5 Å². The maximum absolute atomic E-state index is 14.4. The van der Waals surface area contributed by atoms with Crippen LogP contribution < -0.4 is 15.8 Å². The van der Waals surface area contributed by atoms with Crippen LogP contribution in [0, 0.1) is 11.2 Å². The molecule has 0 aliphatic rings. The van der Waals surface area contributed by atoms with Crippen LogP contribution in [0.3, 0.4) is 0 Å². The van der Waals surface area contributed by atoms with Crippen LogP contribution in [0.1, 0.15) is 36.6 Å². The number of hydrogen-bond acceptors (Lipinski definition) is 4. The highest BCUT2D eigenvalue weighted by Crippen LogP contribution is 2.25. The van der Waals surface area contributed by atoms with Crippen LogP contribution in [0.2, 0.25) is 0 Å². The zero-order valence-corrected chi connectivity index (χ0v) is 15.6. The highest BCUT2D eigenvalue weighted by atomic mass is 19.1. The number of nitrogens with one attached hydrogen (secondary N) is 2. The van der Waals surface area contributed by atoms with Gasteiger partial charge in [0.1, 0.15) is 17.4 Å². The van der Waals surface area contributed by atoms with Crippen molar-refractivity contribution in [3.05, 3.63) is 65.0 Å². The van der Waals surface area contributed by atoms with E-state index in [1.165, 1.54) is 19.2 Å². The Balaban J connectivity index is 2.06. The van der Waals surface area contributed by atoms with Crippen LogP contribution in [0.15, 0.2) is 42.5 Å². The average Bonchev–Trinajstić information content (AvgIpc) is 2.62. The molecule has 0 heterocycles. The molecule has 0 bridgehead atoms. The summed E-state index contributed by atoms with van der Waals surface area (Å²) >= 11 is 0. The lowest BCUT2D eigenvalue weighted by Crippen LogP contribution is -2.30. The third kappa shape index (κ3) is 5.52. The van der Waals surface area contributed by atoms with Crippen molar-refractivity contribution in [2.75, 3.05) is 7.11 Å². The van der Waals surface area contributed by atoms with Crippen molar-refractivity contribution in [3.63, 3.8) is 0 Å². The highest BCUT2D eigenvalue weighted by molar-refractivity contribution is 5.94. The van der Waals surface area contributed by atoms with E-state index in [-0.39, 0.29) is 24.0 Å². The first-order valence-corrected chi connectivity index (χ1v) is 8.51. The third-order valence-corrected chi connectivity index (χ3v) is 3.83. The second-order valence-corrected chi connectivity index (χ2v) is 6.29. The van der Waals surface area contributed by atoms with Gasteiger partial charge < -0.3 is 20.5 Å². The maximum atomic E-state index is 14.4. The fourth-order valence-corrected chi connectivity index (χ4v) is 2.53. The molecule has 4 N–H and O–H groups in total. The zero-order chi connectivity index (χ0) is 20.0. The Morgan fingerprint density at radius 2 is 1.89 bits per heavy atom. The van der Waals surface area contributed by atoms with Gasteiger partial charge in [0.05, 0.1) is 6.10 Å². The van der Waals surface area contributed by atoms with Crippen molar-refractivity contribution >= 4 is 11.7 Å². The molecule has 6 nitrogen and oxygen atoms in total. The number of halogens is 1. The van der Waals surface area contributed by atoms with Crippen molar-refractivity contribution in [1.82, 2.24) is 5.32 Å². The van der Waals surface area contributed by atoms with E-state index in [1.807, 2.05) is 13.8 Å². The Labute approximate surface area is 158 Å². The second kappa shape index (κ2) is 9.14. The lowest BCUT2D eigenvalue weighted by Gasteiger charge is -2.18. The average molecular weight is 373 g/mol. The molecule has 0 unspecified atom stereocenters. The van der Waals surface area contributed by atoms with Gasteiger partial charge in [-0.2, -0.15) is 0 Å². The highest BCUT2D eigenvalue weighted by Gasteiger charge is 2.23. The normalized spacial score (nSPS) is 11.9. The van der Waals surface area contributed by atoms with Gasteiger partial charge in [0.15, 0.2) is 6.10 Å². The first-order valence-electron chi connectivity index (χ1n) is 8.51. The molecule has 0 aliphatic carbocycles. The van der Waals surface area contributed by atoms with Crippen molar-refractivity contribution in [3.8, 4) is 5.75 Å². The molecule has 0 radical (unpaired) electrons. The molecule has 144 valence electrons. The zero-order valence-electron chi connectivity index (χ0n) is 15.6. The SMILES string of the molecule is CO[C@H](C(=O)NCc1ccc(C(=N)N)cc1)c1ccc(OC(C)C)cc1F.